The average molecular weight is 276 g/mol. The van der Waals surface area contributed by atoms with E-state index in [0.717, 1.165) is 11.3 Å². The van der Waals surface area contributed by atoms with Gasteiger partial charge < -0.3 is 4.74 Å². The minimum absolute atomic E-state index is 0.166. The van der Waals surface area contributed by atoms with Gasteiger partial charge >= 0.3 is 0 Å². The van der Waals surface area contributed by atoms with Crippen molar-refractivity contribution in [3.05, 3.63) is 41.4 Å². The molecule has 0 bridgehead atoms. The highest BCUT2D eigenvalue weighted by Gasteiger charge is 2.19. The number of rotatable bonds is 5. The molecule has 1 atom stereocenters. The molecule has 0 saturated carbocycles. The van der Waals surface area contributed by atoms with Crippen LogP contribution in [-0.4, -0.2) is 17.0 Å². The zero-order chi connectivity index (χ0) is 13.7. The maximum atomic E-state index is 12.1. The Morgan fingerprint density at radius 2 is 2.26 bits per heavy atom. The monoisotopic (exact) mass is 276 g/mol. The number of aryl methyl sites for hydroxylation is 1. The third-order valence-corrected chi connectivity index (χ3v) is 3.38. The molecule has 0 spiro atoms. The van der Waals surface area contributed by atoms with E-state index in [2.05, 4.69) is 10.3 Å². The van der Waals surface area contributed by atoms with Crippen LogP contribution in [0.1, 0.15) is 18.9 Å². The van der Waals surface area contributed by atoms with Crippen LogP contribution in [0.5, 0.6) is 5.75 Å². The number of carbonyl (C=O) groups is 1. The topological polar surface area (TPSA) is 51.2 Å². The predicted octanol–water partition coefficient (Wildman–Crippen LogP) is 3.25. The number of ether oxygens (including phenoxy) is 1. The van der Waals surface area contributed by atoms with Gasteiger partial charge in [-0.05, 0) is 25.0 Å². The molecular formula is C14H16N2O2S. The van der Waals surface area contributed by atoms with E-state index in [4.69, 9.17) is 4.74 Å². The van der Waals surface area contributed by atoms with E-state index < -0.39 is 6.10 Å². The van der Waals surface area contributed by atoms with Gasteiger partial charge in [0.2, 0.25) is 0 Å². The first kappa shape index (κ1) is 13.5. The van der Waals surface area contributed by atoms with E-state index in [1.807, 2.05) is 43.5 Å². The van der Waals surface area contributed by atoms with Gasteiger partial charge in [0.15, 0.2) is 11.2 Å². The summed E-state index contributed by atoms with van der Waals surface area (Å²) in [5.41, 5.74) is 1.02. The van der Waals surface area contributed by atoms with E-state index in [1.165, 1.54) is 11.3 Å². The SMILES string of the molecule is CCC(Oc1ccccc1C)C(=O)Nc1nccs1. The number of anilines is 1. The van der Waals surface area contributed by atoms with Gasteiger partial charge in [0.25, 0.3) is 5.91 Å². The molecule has 0 aliphatic heterocycles. The minimum Gasteiger partial charge on any atom is -0.480 e. The lowest BCUT2D eigenvalue weighted by Gasteiger charge is -2.17. The molecule has 1 N–H and O–H groups in total. The minimum atomic E-state index is -0.509. The van der Waals surface area contributed by atoms with Crippen LogP contribution in [0.4, 0.5) is 5.13 Å². The second-order valence-corrected chi connectivity index (χ2v) is 5.00. The fourth-order valence-corrected chi connectivity index (χ4v) is 2.17. The molecule has 100 valence electrons. The molecule has 1 aromatic carbocycles. The molecule has 2 rings (SSSR count). The van der Waals surface area contributed by atoms with Gasteiger partial charge in [0.05, 0.1) is 0 Å². The number of carbonyl (C=O) groups excluding carboxylic acids is 1. The van der Waals surface area contributed by atoms with Gasteiger partial charge in [0, 0.05) is 11.6 Å². The Morgan fingerprint density at radius 3 is 2.89 bits per heavy atom. The van der Waals surface area contributed by atoms with Gasteiger partial charge in [-0.3, -0.25) is 10.1 Å². The maximum absolute atomic E-state index is 12.1. The molecule has 1 aromatic heterocycles. The normalized spacial score (nSPS) is 11.9. The van der Waals surface area contributed by atoms with Gasteiger partial charge in [-0.1, -0.05) is 25.1 Å². The maximum Gasteiger partial charge on any atom is 0.267 e. The van der Waals surface area contributed by atoms with Gasteiger partial charge in [-0.15, -0.1) is 11.3 Å². The van der Waals surface area contributed by atoms with Crippen molar-refractivity contribution in [2.45, 2.75) is 26.4 Å². The van der Waals surface area contributed by atoms with Crippen molar-refractivity contribution in [1.82, 2.24) is 4.98 Å². The molecule has 0 saturated heterocycles. The van der Waals surface area contributed by atoms with Crippen molar-refractivity contribution in [2.24, 2.45) is 0 Å². The number of para-hydroxylation sites is 1. The van der Waals surface area contributed by atoms with E-state index in [0.29, 0.717) is 11.6 Å². The number of benzene rings is 1. The van der Waals surface area contributed by atoms with Crippen molar-refractivity contribution < 1.29 is 9.53 Å². The molecule has 1 heterocycles. The zero-order valence-electron chi connectivity index (χ0n) is 10.9. The molecular weight excluding hydrogens is 260 g/mol. The highest BCUT2D eigenvalue weighted by atomic mass is 32.1. The van der Waals surface area contributed by atoms with E-state index in [1.54, 1.807) is 6.20 Å². The van der Waals surface area contributed by atoms with E-state index in [9.17, 15) is 4.79 Å². The first-order chi connectivity index (χ1) is 9.20. The number of nitrogens with one attached hydrogen (secondary N) is 1. The highest BCUT2D eigenvalue weighted by Crippen LogP contribution is 2.20. The van der Waals surface area contributed by atoms with Crippen molar-refractivity contribution in [2.75, 3.05) is 5.32 Å². The van der Waals surface area contributed by atoms with Crippen molar-refractivity contribution in [3.8, 4) is 5.75 Å². The molecule has 0 radical (unpaired) electrons. The van der Waals surface area contributed by atoms with Gasteiger partial charge in [-0.2, -0.15) is 0 Å². The van der Waals surface area contributed by atoms with Crippen LogP contribution in [0.3, 0.4) is 0 Å². The van der Waals surface area contributed by atoms with Crippen LogP contribution in [0.2, 0.25) is 0 Å². The van der Waals surface area contributed by atoms with Crippen LogP contribution >= 0.6 is 11.3 Å². The summed E-state index contributed by atoms with van der Waals surface area (Å²) in [6, 6.07) is 7.67. The van der Waals surface area contributed by atoms with Gasteiger partial charge in [0.1, 0.15) is 5.75 Å². The average Bonchev–Trinajstić information content (AvgIpc) is 2.90. The molecule has 0 fully saturated rings. The Bertz CT molecular complexity index is 540. The lowest BCUT2D eigenvalue weighted by molar-refractivity contribution is -0.122. The summed E-state index contributed by atoms with van der Waals surface area (Å²) in [5, 5.41) is 5.17. The Balaban J connectivity index is 2.04. The van der Waals surface area contributed by atoms with Crippen LogP contribution in [0.25, 0.3) is 0 Å². The lowest BCUT2D eigenvalue weighted by Crippen LogP contribution is -2.32. The Morgan fingerprint density at radius 1 is 1.47 bits per heavy atom. The molecule has 5 heteroatoms. The van der Waals surface area contributed by atoms with E-state index >= 15 is 0 Å². The number of hydrogen-bond acceptors (Lipinski definition) is 4. The van der Waals surface area contributed by atoms with E-state index in [-0.39, 0.29) is 5.91 Å². The Hall–Kier alpha value is -1.88. The predicted molar refractivity (Wildman–Crippen MR) is 76.6 cm³/mol. The molecule has 19 heavy (non-hydrogen) atoms. The Kier molecular flexibility index (Phi) is 4.52. The second-order valence-electron chi connectivity index (χ2n) is 4.11. The smallest absolute Gasteiger partial charge is 0.267 e. The summed E-state index contributed by atoms with van der Waals surface area (Å²) in [6.45, 7) is 3.88. The van der Waals surface area contributed by atoms with Crippen LogP contribution < -0.4 is 10.1 Å². The number of amides is 1. The Labute approximate surface area is 116 Å². The molecule has 0 aliphatic rings. The van der Waals surface area contributed by atoms with Crippen LogP contribution in [0.15, 0.2) is 35.8 Å². The largest absolute Gasteiger partial charge is 0.480 e. The second kappa shape index (κ2) is 6.33. The van der Waals surface area contributed by atoms with Crippen molar-refractivity contribution in [1.29, 1.82) is 0 Å². The first-order valence-corrected chi connectivity index (χ1v) is 7.01. The summed E-state index contributed by atoms with van der Waals surface area (Å²) in [5.74, 6) is 0.573. The summed E-state index contributed by atoms with van der Waals surface area (Å²) < 4.78 is 5.77. The lowest BCUT2D eigenvalue weighted by atomic mass is 10.2. The molecule has 0 aliphatic carbocycles. The standard InChI is InChI=1S/C14H16N2O2S/c1-3-11(13(17)16-14-15-8-9-19-14)18-12-7-5-4-6-10(12)2/h4-9,11H,3H2,1-2H3,(H,15,16,17). The summed E-state index contributed by atoms with van der Waals surface area (Å²) in [6.07, 6.45) is 1.75. The number of thiazole rings is 1. The number of nitrogens with zero attached hydrogens (tertiary/aromatic N) is 1. The summed E-state index contributed by atoms with van der Waals surface area (Å²) in [4.78, 5) is 16.1. The first-order valence-electron chi connectivity index (χ1n) is 6.13. The number of aromatic nitrogens is 1. The van der Waals surface area contributed by atoms with Crippen molar-refractivity contribution in [3.63, 3.8) is 0 Å². The third-order valence-electron chi connectivity index (χ3n) is 2.69. The van der Waals surface area contributed by atoms with Crippen LogP contribution in [0, 0.1) is 6.92 Å². The number of hydrogen-bond donors (Lipinski definition) is 1. The van der Waals surface area contributed by atoms with Crippen LogP contribution in [-0.2, 0) is 4.79 Å². The van der Waals surface area contributed by atoms with Gasteiger partial charge in [-0.25, -0.2) is 4.98 Å². The van der Waals surface area contributed by atoms with Crippen molar-refractivity contribution >= 4 is 22.4 Å². The fourth-order valence-electron chi connectivity index (χ4n) is 1.64. The molecule has 1 unspecified atom stereocenters. The third kappa shape index (κ3) is 3.54. The molecule has 2 aromatic rings. The fraction of sp³-hybridized carbons (Fsp3) is 0.286. The molecule has 1 amide bonds. The quantitative estimate of drug-likeness (QED) is 0.912. The summed E-state index contributed by atoms with van der Waals surface area (Å²) >= 11 is 1.39. The zero-order valence-corrected chi connectivity index (χ0v) is 11.7. The molecule has 4 nitrogen and oxygen atoms in total. The highest BCUT2D eigenvalue weighted by molar-refractivity contribution is 7.13. The summed E-state index contributed by atoms with van der Waals surface area (Å²) in [7, 11) is 0.